The molecular weight excluding hydrogens is 360 g/mol. The Balaban J connectivity index is 1.69. The smallest absolute Gasteiger partial charge is 0.220 e. The van der Waals surface area contributed by atoms with E-state index in [4.69, 9.17) is 5.11 Å². The fourth-order valence-electron chi connectivity index (χ4n) is 2.98. The molecule has 0 aliphatic carbocycles. The van der Waals surface area contributed by atoms with Crippen LogP contribution in [0.5, 0.6) is 0 Å². The SMILES string of the molecule is Cc1sc2ncnc(NCCCC(=O)NCCCO)c2c1-c1ccccc1. The minimum Gasteiger partial charge on any atom is -0.396 e. The molecule has 142 valence electrons. The third kappa shape index (κ3) is 4.81. The summed E-state index contributed by atoms with van der Waals surface area (Å²) in [4.78, 5) is 22.8. The highest BCUT2D eigenvalue weighted by atomic mass is 32.1. The lowest BCUT2D eigenvalue weighted by Gasteiger charge is -2.09. The van der Waals surface area contributed by atoms with Crippen LogP contribution in [0.25, 0.3) is 21.3 Å². The van der Waals surface area contributed by atoms with Gasteiger partial charge in [-0.2, -0.15) is 0 Å². The molecular formula is C20H24N4O2S. The molecule has 0 saturated carbocycles. The highest BCUT2D eigenvalue weighted by Gasteiger charge is 2.16. The summed E-state index contributed by atoms with van der Waals surface area (Å²) in [6.07, 6.45) is 3.32. The van der Waals surface area contributed by atoms with Crippen molar-refractivity contribution in [3.8, 4) is 11.1 Å². The standard InChI is InChI=1S/C20H24N4O2S/c1-14-17(15-7-3-2-4-8-15)18-19(23-13-24-20(18)27-14)22-10-5-9-16(26)21-11-6-12-25/h2-4,7-8,13,25H,5-6,9-12H2,1H3,(H,21,26)(H,22,23,24). The minimum absolute atomic E-state index is 0.00874. The maximum absolute atomic E-state index is 11.7. The van der Waals surface area contributed by atoms with Crippen LogP contribution < -0.4 is 10.6 Å². The van der Waals surface area contributed by atoms with E-state index in [9.17, 15) is 4.79 Å². The van der Waals surface area contributed by atoms with Gasteiger partial charge in [0, 0.05) is 36.6 Å². The first-order valence-electron chi connectivity index (χ1n) is 9.11. The van der Waals surface area contributed by atoms with Gasteiger partial charge < -0.3 is 15.7 Å². The van der Waals surface area contributed by atoms with Gasteiger partial charge in [-0.25, -0.2) is 9.97 Å². The quantitative estimate of drug-likeness (QED) is 0.493. The molecule has 1 aromatic carbocycles. The fraction of sp³-hybridized carbons (Fsp3) is 0.350. The summed E-state index contributed by atoms with van der Waals surface area (Å²) in [6.45, 7) is 3.37. The van der Waals surface area contributed by atoms with Gasteiger partial charge in [-0.05, 0) is 25.3 Å². The number of nitrogens with zero attached hydrogens (tertiary/aromatic N) is 2. The number of thiophene rings is 1. The molecule has 2 aromatic heterocycles. The van der Waals surface area contributed by atoms with Gasteiger partial charge >= 0.3 is 0 Å². The largest absolute Gasteiger partial charge is 0.396 e. The Bertz CT molecular complexity index is 896. The normalized spacial score (nSPS) is 10.9. The number of aliphatic hydroxyl groups excluding tert-OH is 1. The van der Waals surface area contributed by atoms with Crippen LogP contribution in [0.3, 0.4) is 0 Å². The number of carbonyl (C=O) groups is 1. The minimum atomic E-state index is 0.00874. The fourth-order valence-corrected chi connectivity index (χ4v) is 3.99. The van der Waals surface area contributed by atoms with E-state index in [1.165, 1.54) is 10.4 Å². The zero-order valence-electron chi connectivity index (χ0n) is 15.4. The van der Waals surface area contributed by atoms with E-state index in [1.807, 2.05) is 18.2 Å². The number of fused-ring (bicyclic) bond motifs is 1. The van der Waals surface area contributed by atoms with E-state index in [2.05, 4.69) is 39.7 Å². The summed E-state index contributed by atoms with van der Waals surface area (Å²) in [7, 11) is 0. The average molecular weight is 385 g/mol. The summed E-state index contributed by atoms with van der Waals surface area (Å²) in [5.41, 5.74) is 2.32. The van der Waals surface area contributed by atoms with Gasteiger partial charge in [0.25, 0.3) is 0 Å². The Hall–Kier alpha value is -2.51. The Kier molecular flexibility index (Phi) is 6.73. The Morgan fingerprint density at radius 1 is 1.15 bits per heavy atom. The molecule has 0 fully saturated rings. The average Bonchev–Trinajstić information content (AvgIpc) is 3.02. The highest BCUT2D eigenvalue weighted by Crippen LogP contribution is 2.40. The molecule has 3 N–H and O–H groups in total. The van der Waals surface area contributed by atoms with Gasteiger partial charge in [0.15, 0.2) is 0 Å². The van der Waals surface area contributed by atoms with Gasteiger partial charge in [-0.1, -0.05) is 30.3 Å². The Labute approximate surface area is 162 Å². The first kappa shape index (κ1) is 19.3. The maximum Gasteiger partial charge on any atom is 0.220 e. The van der Waals surface area contributed by atoms with Crippen LogP contribution in [0.4, 0.5) is 5.82 Å². The lowest BCUT2D eigenvalue weighted by molar-refractivity contribution is -0.121. The Morgan fingerprint density at radius 2 is 1.96 bits per heavy atom. The molecule has 3 aromatic rings. The number of hydrogen-bond acceptors (Lipinski definition) is 6. The van der Waals surface area contributed by atoms with Crippen molar-refractivity contribution in [1.82, 2.24) is 15.3 Å². The summed E-state index contributed by atoms with van der Waals surface area (Å²) >= 11 is 1.67. The molecule has 1 amide bonds. The molecule has 0 radical (unpaired) electrons. The summed E-state index contributed by atoms with van der Waals surface area (Å²) in [5, 5.41) is 15.9. The van der Waals surface area contributed by atoms with Gasteiger partial charge in [0.05, 0.1) is 5.39 Å². The molecule has 2 heterocycles. The van der Waals surface area contributed by atoms with E-state index in [0.29, 0.717) is 32.4 Å². The predicted molar refractivity (Wildman–Crippen MR) is 110 cm³/mol. The molecule has 0 atom stereocenters. The maximum atomic E-state index is 11.7. The van der Waals surface area contributed by atoms with Crippen molar-refractivity contribution < 1.29 is 9.90 Å². The third-order valence-electron chi connectivity index (χ3n) is 4.26. The number of anilines is 1. The highest BCUT2D eigenvalue weighted by molar-refractivity contribution is 7.19. The van der Waals surface area contributed by atoms with Crippen molar-refractivity contribution in [2.75, 3.05) is 25.0 Å². The second-order valence-corrected chi connectivity index (χ2v) is 7.46. The molecule has 0 bridgehead atoms. The van der Waals surface area contributed by atoms with E-state index in [1.54, 1.807) is 17.7 Å². The van der Waals surface area contributed by atoms with Crippen molar-refractivity contribution >= 4 is 33.3 Å². The van der Waals surface area contributed by atoms with E-state index >= 15 is 0 Å². The van der Waals surface area contributed by atoms with Crippen molar-refractivity contribution in [3.63, 3.8) is 0 Å². The molecule has 0 aliphatic heterocycles. The van der Waals surface area contributed by atoms with Crippen LogP contribution in [0, 0.1) is 6.92 Å². The number of benzene rings is 1. The number of rotatable bonds is 9. The molecule has 3 rings (SSSR count). The van der Waals surface area contributed by atoms with Crippen LogP contribution >= 0.6 is 11.3 Å². The van der Waals surface area contributed by atoms with Gasteiger partial charge in [0.2, 0.25) is 5.91 Å². The number of aliphatic hydroxyl groups is 1. The van der Waals surface area contributed by atoms with Crippen LogP contribution in [0.15, 0.2) is 36.7 Å². The number of amides is 1. The number of nitrogens with one attached hydrogen (secondary N) is 2. The van der Waals surface area contributed by atoms with Gasteiger partial charge in [0.1, 0.15) is 17.0 Å². The van der Waals surface area contributed by atoms with E-state index in [0.717, 1.165) is 21.6 Å². The zero-order valence-corrected chi connectivity index (χ0v) is 16.2. The lowest BCUT2D eigenvalue weighted by atomic mass is 10.0. The second-order valence-electron chi connectivity index (χ2n) is 6.26. The lowest BCUT2D eigenvalue weighted by Crippen LogP contribution is -2.25. The van der Waals surface area contributed by atoms with Crippen LogP contribution in [-0.4, -0.2) is 40.7 Å². The first-order valence-corrected chi connectivity index (χ1v) is 9.93. The number of aryl methyl sites for hydroxylation is 1. The molecule has 27 heavy (non-hydrogen) atoms. The number of aromatic nitrogens is 2. The predicted octanol–water partition coefficient (Wildman–Crippen LogP) is 3.36. The molecule has 6 nitrogen and oxygen atoms in total. The van der Waals surface area contributed by atoms with Crippen LogP contribution in [0.2, 0.25) is 0 Å². The first-order chi connectivity index (χ1) is 13.2. The van der Waals surface area contributed by atoms with Gasteiger partial charge in [-0.15, -0.1) is 11.3 Å². The van der Waals surface area contributed by atoms with E-state index < -0.39 is 0 Å². The molecule has 0 saturated heterocycles. The Morgan fingerprint density at radius 3 is 2.74 bits per heavy atom. The van der Waals surface area contributed by atoms with E-state index in [-0.39, 0.29) is 12.5 Å². The number of hydrogen-bond donors (Lipinski definition) is 3. The molecule has 0 unspecified atom stereocenters. The third-order valence-corrected chi connectivity index (χ3v) is 5.27. The number of carbonyl (C=O) groups excluding carboxylic acids is 1. The van der Waals surface area contributed by atoms with Crippen molar-refractivity contribution in [3.05, 3.63) is 41.5 Å². The second kappa shape index (κ2) is 9.43. The van der Waals surface area contributed by atoms with Gasteiger partial charge in [-0.3, -0.25) is 4.79 Å². The molecule has 7 heteroatoms. The molecule has 0 spiro atoms. The summed E-state index contributed by atoms with van der Waals surface area (Å²) in [5.74, 6) is 0.818. The van der Waals surface area contributed by atoms with Crippen molar-refractivity contribution in [2.24, 2.45) is 0 Å². The molecule has 0 aliphatic rings. The van der Waals surface area contributed by atoms with Crippen LogP contribution in [-0.2, 0) is 4.79 Å². The monoisotopic (exact) mass is 384 g/mol. The summed E-state index contributed by atoms with van der Waals surface area (Å²) in [6, 6.07) is 10.3. The van der Waals surface area contributed by atoms with Crippen molar-refractivity contribution in [2.45, 2.75) is 26.2 Å². The zero-order chi connectivity index (χ0) is 19.1. The summed E-state index contributed by atoms with van der Waals surface area (Å²) < 4.78 is 0. The van der Waals surface area contributed by atoms with Crippen molar-refractivity contribution in [1.29, 1.82) is 0 Å². The topological polar surface area (TPSA) is 87.1 Å². The van der Waals surface area contributed by atoms with Crippen LogP contribution in [0.1, 0.15) is 24.1 Å².